The molecule has 0 saturated carbocycles. The van der Waals surface area contributed by atoms with Crippen molar-refractivity contribution in [3.05, 3.63) is 47.8 Å². The first-order chi connectivity index (χ1) is 12.0. The third-order valence-electron chi connectivity index (χ3n) is 4.44. The van der Waals surface area contributed by atoms with Crippen LogP contribution in [0, 0.1) is 12.8 Å². The maximum absolute atomic E-state index is 12.3. The van der Waals surface area contributed by atoms with E-state index in [0.29, 0.717) is 13.2 Å². The van der Waals surface area contributed by atoms with E-state index in [2.05, 4.69) is 5.10 Å². The van der Waals surface area contributed by atoms with Crippen LogP contribution in [0.4, 0.5) is 0 Å². The van der Waals surface area contributed by atoms with Gasteiger partial charge in [-0.2, -0.15) is 5.10 Å². The molecule has 0 spiro atoms. The van der Waals surface area contributed by atoms with Crippen LogP contribution < -0.4 is 4.74 Å². The van der Waals surface area contributed by atoms with Crippen molar-refractivity contribution >= 4 is 11.9 Å². The van der Waals surface area contributed by atoms with Crippen LogP contribution >= 0.6 is 0 Å². The Labute approximate surface area is 145 Å². The van der Waals surface area contributed by atoms with Crippen LogP contribution in [0.3, 0.4) is 0 Å². The zero-order chi connectivity index (χ0) is 18.0. The van der Waals surface area contributed by atoms with Crippen LogP contribution in [-0.4, -0.2) is 44.8 Å². The van der Waals surface area contributed by atoms with Crippen LogP contribution in [0.5, 0.6) is 5.75 Å². The van der Waals surface area contributed by atoms with Crippen molar-refractivity contribution in [2.45, 2.75) is 19.4 Å². The van der Waals surface area contributed by atoms with Crippen molar-refractivity contribution in [2.24, 2.45) is 13.0 Å². The minimum atomic E-state index is -0.968. The summed E-state index contributed by atoms with van der Waals surface area (Å²) in [5.74, 6) is -1.18. The fourth-order valence-corrected chi connectivity index (χ4v) is 3.18. The van der Waals surface area contributed by atoms with Crippen molar-refractivity contribution in [3.63, 3.8) is 0 Å². The summed E-state index contributed by atoms with van der Waals surface area (Å²) in [5, 5.41) is 13.6. The fourth-order valence-electron chi connectivity index (χ4n) is 3.18. The Bertz CT molecular complexity index is 769. The predicted octanol–water partition coefficient (Wildman–Crippen LogP) is 1.78. The summed E-state index contributed by atoms with van der Waals surface area (Å²) in [6.45, 7) is 2.63. The smallest absolute Gasteiger partial charge is 0.309 e. The van der Waals surface area contributed by atoms with E-state index < -0.39 is 17.9 Å². The molecule has 1 N–H and O–H groups in total. The molecule has 2 atom stereocenters. The van der Waals surface area contributed by atoms with E-state index in [1.807, 2.05) is 31.2 Å². The number of carboxylic acids is 1. The van der Waals surface area contributed by atoms with Crippen molar-refractivity contribution in [1.29, 1.82) is 0 Å². The third kappa shape index (κ3) is 3.65. The lowest BCUT2D eigenvalue weighted by Gasteiger charge is -2.26. The summed E-state index contributed by atoms with van der Waals surface area (Å²) in [6.07, 6.45) is 3.37. The number of aryl methyl sites for hydroxylation is 2. The average Bonchev–Trinajstić information content (AvgIpc) is 3.13. The van der Waals surface area contributed by atoms with Crippen molar-refractivity contribution in [3.8, 4) is 5.75 Å². The number of aromatic nitrogens is 2. The lowest BCUT2D eigenvalue weighted by molar-refractivity contribution is -0.142. The number of likely N-dealkylation sites (tertiary alicyclic amines) is 1. The molecule has 2 unspecified atom stereocenters. The van der Waals surface area contributed by atoms with E-state index in [9.17, 15) is 14.7 Å². The highest BCUT2D eigenvalue weighted by molar-refractivity contribution is 5.87. The van der Waals surface area contributed by atoms with Crippen LogP contribution in [0.2, 0.25) is 0 Å². The monoisotopic (exact) mass is 343 g/mol. The lowest BCUT2D eigenvalue weighted by atomic mass is 9.96. The van der Waals surface area contributed by atoms with Crippen molar-refractivity contribution in [2.75, 3.05) is 13.2 Å². The molecule has 0 radical (unpaired) electrons. The Balaban J connectivity index is 1.72. The first-order valence-corrected chi connectivity index (χ1v) is 8.16. The number of hydrogen-bond acceptors (Lipinski definition) is 4. The molecule has 25 heavy (non-hydrogen) atoms. The summed E-state index contributed by atoms with van der Waals surface area (Å²) in [5.41, 5.74) is 1.87. The SMILES string of the molecule is Cc1ccc(OCCN2C(=O)CC(C(=O)O)C2c2cnn(C)c2)cc1. The number of benzene rings is 1. The zero-order valence-electron chi connectivity index (χ0n) is 14.3. The molecule has 2 aromatic rings. The topological polar surface area (TPSA) is 84.7 Å². The molecule has 2 heterocycles. The highest BCUT2D eigenvalue weighted by atomic mass is 16.5. The van der Waals surface area contributed by atoms with E-state index in [4.69, 9.17) is 4.74 Å². The quantitative estimate of drug-likeness (QED) is 0.864. The predicted molar refractivity (Wildman–Crippen MR) is 90.1 cm³/mol. The number of carboxylic acid groups (broad SMARTS) is 1. The second-order valence-electron chi connectivity index (χ2n) is 6.29. The van der Waals surface area contributed by atoms with Gasteiger partial charge in [0.05, 0.1) is 24.7 Å². The van der Waals surface area contributed by atoms with Crippen LogP contribution in [0.15, 0.2) is 36.7 Å². The van der Waals surface area contributed by atoms with Gasteiger partial charge < -0.3 is 14.7 Å². The van der Waals surface area contributed by atoms with Gasteiger partial charge in [-0.3, -0.25) is 14.3 Å². The summed E-state index contributed by atoms with van der Waals surface area (Å²) in [4.78, 5) is 25.5. The van der Waals surface area contributed by atoms with E-state index >= 15 is 0 Å². The standard InChI is InChI=1S/C18H21N3O4/c1-12-3-5-14(6-4-12)25-8-7-21-16(22)9-15(18(23)24)17(21)13-10-19-20(2)11-13/h3-6,10-11,15,17H,7-9H2,1-2H3,(H,23,24). The number of carbonyl (C=O) groups excluding carboxylic acids is 1. The Morgan fingerprint density at radius 3 is 2.68 bits per heavy atom. The van der Waals surface area contributed by atoms with E-state index in [-0.39, 0.29) is 12.3 Å². The second kappa shape index (κ2) is 6.96. The van der Waals surface area contributed by atoms with Gasteiger partial charge in [-0.25, -0.2) is 0 Å². The van der Waals surface area contributed by atoms with Gasteiger partial charge in [-0.15, -0.1) is 0 Å². The molecule has 1 saturated heterocycles. The van der Waals surface area contributed by atoms with Gasteiger partial charge >= 0.3 is 5.97 Å². The fraction of sp³-hybridized carbons (Fsp3) is 0.389. The highest BCUT2D eigenvalue weighted by Gasteiger charge is 2.45. The Morgan fingerprint density at radius 1 is 1.36 bits per heavy atom. The molecule has 132 valence electrons. The molecular weight excluding hydrogens is 322 g/mol. The Morgan fingerprint density at radius 2 is 2.08 bits per heavy atom. The minimum Gasteiger partial charge on any atom is -0.492 e. The van der Waals surface area contributed by atoms with Crippen LogP contribution in [-0.2, 0) is 16.6 Å². The molecule has 1 aromatic carbocycles. The summed E-state index contributed by atoms with van der Waals surface area (Å²) < 4.78 is 7.30. The number of aliphatic carboxylic acids is 1. The first-order valence-electron chi connectivity index (χ1n) is 8.16. The lowest BCUT2D eigenvalue weighted by Crippen LogP contribution is -2.33. The number of amides is 1. The molecule has 1 amide bonds. The molecular formula is C18H21N3O4. The van der Waals surface area contributed by atoms with E-state index in [1.54, 1.807) is 29.0 Å². The molecule has 1 aliphatic rings. The van der Waals surface area contributed by atoms with Crippen molar-refractivity contribution in [1.82, 2.24) is 14.7 Å². The molecule has 1 aliphatic heterocycles. The molecule has 1 fully saturated rings. The van der Waals surface area contributed by atoms with Gasteiger partial charge in [-0.1, -0.05) is 17.7 Å². The van der Waals surface area contributed by atoms with E-state index in [1.165, 1.54) is 0 Å². The third-order valence-corrected chi connectivity index (χ3v) is 4.44. The van der Waals surface area contributed by atoms with Gasteiger partial charge in [0.25, 0.3) is 0 Å². The largest absolute Gasteiger partial charge is 0.492 e. The summed E-state index contributed by atoms with van der Waals surface area (Å²) in [6, 6.07) is 7.14. The summed E-state index contributed by atoms with van der Waals surface area (Å²) >= 11 is 0. The maximum atomic E-state index is 12.3. The number of carbonyl (C=O) groups is 2. The van der Waals surface area contributed by atoms with Gasteiger partial charge in [0, 0.05) is 25.2 Å². The number of ether oxygens (including phenoxy) is 1. The molecule has 3 rings (SSSR count). The van der Waals surface area contributed by atoms with Gasteiger partial charge in [0.2, 0.25) is 5.91 Å². The first kappa shape index (κ1) is 17.0. The number of hydrogen-bond donors (Lipinski definition) is 1. The molecule has 0 bridgehead atoms. The molecule has 7 heteroatoms. The molecule has 0 aliphatic carbocycles. The second-order valence-corrected chi connectivity index (χ2v) is 6.29. The van der Waals surface area contributed by atoms with Gasteiger partial charge in [0.1, 0.15) is 12.4 Å². The van der Waals surface area contributed by atoms with Crippen LogP contribution in [0.25, 0.3) is 0 Å². The Hall–Kier alpha value is -2.83. The molecule has 1 aromatic heterocycles. The van der Waals surface area contributed by atoms with Crippen LogP contribution in [0.1, 0.15) is 23.6 Å². The van der Waals surface area contributed by atoms with Gasteiger partial charge in [-0.05, 0) is 19.1 Å². The van der Waals surface area contributed by atoms with E-state index in [0.717, 1.165) is 16.9 Å². The molecule has 7 nitrogen and oxygen atoms in total. The average molecular weight is 343 g/mol. The van der Waals surface area contributed by atoms with Crippen molar-refractivity contribution < 1.29 is 19.4 Å². The number of nitrogens with zero attached hydrogens (tertiary/aromatic N) is 3. The highest BCUT2D eigenvalue weighted by Crippen LogP contribution is 2.37. The normalized spacial score (nSPS) is 20.1. The number of rotatable bonds is 6. The minimum absolute atomic E-state index is 0.000569. The zero-order valence-corrected chi connectivity index (χ0v) is 14.3. The summed E-state index contributed by atoms with van der Waals surface area (Å²) in [7, 11) is 1.76. The van der Waals surface area contributed by atoms with Gasteiger partial charge in [0.15, 0.2) is 0 Å². The maximum Gasteiger partial charge on any atom is 0.309 e. The Kier molecular flexibility index (Phi) is 4.74.